The lowest BCUT2D eigenvalue weighted by Gasteiger charge is -2.30. The summed E-state index contributed by atoms with van der Waals surface area (Å²) in [5.41, 5.74) is 1.91. The van der Waals surface area contributed by atoms with Crippen LogP contribution in [-0.2, 0) is 11.2 Å². The molecule has 0 aliphatic carbocycles. The van der Waals surface area contributed by atoms with Crippen molar-refractivity contribution in [1.29, 1.82) is 0 Å². The van der Waals surface area contributed by atoms with Crippen LogP contribution in [0.2, 0.25) is 5.02 Å². The highest BCUT2D eigenvalue weighted by Crippen LogP contribution is 2.23. The van der Waals surface area contributed by atoms with Gasteiger partial charge in [-0.05, 0) is 30.5 Å². The average molecular weight is 412 g/mol. The molecule has 0 aliphatic rings. The van der Waals surface area contributed by atoms with Crippen molar-refractivity contribution in [2.24, 2.45) is 5.92 Å². The summed E-state index contributed by atoms with van der Waals surface area (Å²) in [6.45, 7) is 6.68. The number of rotatable bonds is 8. The van der Waals surface area contributed by atoms with E-state index < -0.39 is 0 Å². The molecule has 152 valence electrons. The molecule has 2 aromatic carbocycles. The molecule has 0 radical (unpaired) electrons. The molecule has 1 amide bonds. The van der Waals surface area contributed by atoms with Crippen LogP contribution in [0.3, 0.4) is 0 Å². The van der Waals surface area contributed by atoms with Crippen LogP contribution in [0.25, 0.3) is 11.4 Å². The van der Waals surface area contributed by atoms with Crippen molar-refractivity contribution in [1.82, 2.24) is 15.0 Å². The topological polar surface area (TPSA) is 59.2 Å². The molecular formula is C23H26ClN3O2. The van der Waals surface area contributed by atoms with Gasteiger partial charge in [0.05, 0.1) is 6.04 Å². The zero-order chi connectivity index (χ0) is 20.8. The van der Waals surface area contributed by atoms with E-state index >= 15 is 0 Å². The Bertz CT molecular complexity index is 940. The van der Waals surface area contributed by atoms with Crippen molar-refractivity contribution in [3.05, 3.63) is 71.1 Å². The number of carbonyl (C=O) groups excluding carboxylic acids is 1. The number of benzene rings is 2. The predicted octanol–water partition coefficient (Wildman–Crippen LogP) is 5.57. The van der Waals surface area contributed by atoms with Crippen LogP contribution in [0.4, 0.5) is 0 Å². The van der Waals surface area contributed by atoms with Gasteiger partial charge in [0.15, 0.2) is 0 Å². The third-order valence-corrected chi connectivity index (χ3v) is 5.01. The highest BCUT2D eigenvalue weighted by atomic mass is 35.5. The molecule has 0 bridgehead atoms. The fourth-order valence-electron chi connectivity index (χ4n) is 3.23. The normalized spacial score (nSPS) is 12.2. The highest BCUT2D eigenvalue weighted by molar-refractivity contribution is 6.30. The molecule has 0 unspecified atom stereocenters. The predicted molar refractivity (Wildman–Crippen MR) is 114 cm³/mol. The first-order valence-electron chi connectivity index (χ1n) is 9.87. The highest BCUT2D eigenvalue weighted by Gasteiger charge is 2.23. The fourth-order valence-corrected chi connectivity index (χ4v) is 3.42. The first-order chi connectivity index (χ1) is 13.9. The van der Waals surface area contributed by atoms with Gasteiger partial charge >= 0.3 is 0 Å². The molecule has 0 N–H and O–H groups in total. The maximum atomic E-state index is 12.9. The van der Waals surface area contributed by atoms with Crippen molar-refractivity contribution in [3.8, 4) is 11.4 Å². The molecule has 0 aliphatic heterocycles. The van der Waals surface area contributed by atoms with Gasteiger partial charge in [-0.25, -0.2) is 0 Å². The zero-order valence-electron chi connectivity index (χ0n) is 17.0. The Hall–Kier alpha value is -2.66. The van der Waals surface area contributed by atoms with Crippen LogP contribution in [-0.4, -0.2) is 27.5 Å². The molecule has 1 aromatic heterocycles. The molecule has 0 fully saturated rings. The van der Waals surface area contributed by atoms with Crippen molar-refractivity contribution in [2.45, 2.75) is 39.7 Å². The van der Waals surface area contributed by atoms with Gasteiger partial charge in [-0.3, -0.25) is 4.79 Å². The Morgan fingerprint density at radius 2 is 1.86 bits per heavy atom. The zero-order valence-corrected chi connectivity index (χ0v) is 17.8. The van der Waals surface area contributed by atoms with Crippen LogP contribution < -0.4 is 0 Å². The Kier molecular flexibility index (Phi) is 7.04. The van der Waals surface area contributed by atoms with E-state index in [1.807, 2.05) is 47.4 Å². The molecule has 1 heterocycles. The quantitative estimate of drug-likeness (QED) is 0.486. The average Bonchev–Trinajstić information content (AvgIpc) is 3.17. The maximum Gasteiger partial charge on any atom is 0.228 e. The molecule has 29 heavy (non-hydrogen) atoms. The second-order valence-electron chi connectivity index (χ2n) is 7.54. The molecule has 5 nitrogen and oxygen atoms in total. The number of amides is 1. The number of nitrogens with zero attached hydrogens (tertiary/aromatic N) is 3. The molecule has 0 saturated heterocycles. The summed E-state index contributed by atoms with van der Waals surface area (Å²) in [4.78, 5) is 19.3. The number of hydrogen-bond acceptors (Lipinski definition) is 4. The van der Waals surface area contributed by atoms with E-state index in [1.54, 1.807) is 12.1 Å². The van der Waals surface area contributed by atoms with E-state index in [9.17, 15) is 4.79 Å². The minimum Gasteiger partial charge on any atom is -0.339 e. The molecule has 0 saturated carbocycles. The summed E-state index contributed by atoms with van der Waals surface area (Å²) in [6, 6.07) is 17.4. The van der Waals surface area contributed by atoms with E-state index in [1.165, 1.54) is 0 Å². The second kappa shape index (κ2) is 9.70. The SMILES string of the molecule is CC(C)CC(=O)N(CCc1nc(-c2cccc(Cl)c2)no1)[C@H](C)c1ccccc1. The van der Waals surface area contributed by atoms with Crippen LogP contribution >= 0.6 is 11.6 Å². The summed E-state index contributed by atoms with van der Waals surface area (Å²) in [7, 11) is 0. The molecule has 6 heteroatoms. The summed E-state index contributed by atoms with van der Waals surface area (Å²) in [6.07, 6.45) is 1.00. The minimum atomic E-state index is -0.0298. The minimum absolute atomic E-state index is 0.0298. The Balaban J connectivity index is 1.74. The number of carbonyl (C=O) groups is 1. The van der Waals surface area contributed by atoms with Gasteiger partial charge in [0.2, 0.25) is 17.6 Å². The molecular weight excluding hydrogens is 386 g/mol. The smallest absolute Gasteiger partial charge is 0.228 e. The van der Waals surface area contributed by atoms with Crippen LogP contribution in [0.1, 0.15) is 44.7 Å². The standard InChI is InChI=1S/C23H26ClN3O2/c1-16(2)14-22(28)27(17(3)18-8-5-4-6-9-18)13-12-21-25-23(26-29-21)19-10-7-11-20(24)15-19/h4-11,15-17H,12-14H2,1-3H3/t17-/m1/s1. The van der Waals surface area contributed by atoms with Crippen molar-refractivity contribution >= 4 is 17.5 Å². The first kappa shape index (κ1) is 21.1. The third kappa shape index (κ3) is 5.67. The summed E-state index contributed by atoms with van der Waals surface area (Å²) >= 11 is 6.04. The third-order valence-electron chi connectivity index (χ3n) is 4.77. The van der Waals surface area contributed by atoms with E-state index in [0.29, 0.717) is 42.0 Å². The van der Waals surface area contributed by atoms with E-state index in [2.05, 4.69) is 30.9 Å². The first-order valence-corrected chi connectivity index (χ1v) is 10.2. The van der Waals surface area contributed by atoms with E-state index in [4.69, 9.17) is 16.1 Å². The van der Waals surface area contributed by atoms with E-state index in [-0.39, 0.29) is 11.9 Å². The Labute approximate surface area is 176 Å². The fraction of sp³-hybridized carbons (Fsp3) is 0.348. The monoisotopic (exact) mass is 411 g/mol. The van der Waals surface area contributed by atoms with Gasteiger partial charge < -0.3 is 9.42 Å². The van der Waals surface area contributed by atoms with Crippen LogP contribution in [0, 0.1) is 5.92 Å². The van der Waals surface area contributed by atoms with Crippen molar-refractivity contribution in [3.63, 3.8) is 0 Å². The van der Waals surface area contributed by atoms with Gasteiger partial charge in [0, 0.05) is 30.0 Å². The lowest BCUT2D eigenvalue weighted by Crippen LogP contribution is -2.36. The molecule has 3 aromatic rings. The van der Waals surface area contributed by atoms with E-state index in [0.717, 1.165) is 11.1 Å². The van der Waals surface area contributed by atoms with Crippen molar-refractivity contribution < 1.29 is 9.32 Å². The lowest BCUT2D eigenvalue weighted by atomic mass is 10.0. The van der Waals surface area contributed by atoms with Crippen LogP contribution in [0.5, 0.6) is 0 Å². The largest absolute Gasteiger partial charge is 0.339 e. The van der Waals surface area contributed by atoms with Crippen LogP contribution in [0.15, 0.2) is 59.1 Å². The summed E-state index contributed by atoms with van der Waals surface area (Å²) in [5.74, 6) is 1.43. The molecule has 1 atom stereocenters. The number of halogens is 1. The van der Waals surface area contributed by atoms with Gasteiger partial charge in [0.25, 0.3) is 0 Å². The molecule has 0 spiro atoms. The lowest BCUT2D eigenvalue weighted by molar-refractivity contribution is -0.134. The maximum absolute atomic E-state index is 12.9. The van der Waals surface area contributed by atoms with Gasteiger partial charge in [0.1, 0.15) is 0 Å². The molecule has 3 rings (SSSR count). The second-order valence-corrected chi connectivity index (χ2v) is 7.98. The summed E-state index contributed by atoms with van der Waals surface area (Å²) in [5, 5.41) is 4.67. The Morgan fingerprint density at radius 3 is 2.55 bits per heavy atom. The van der Waals surface area contributed by atoms with Crippen molar-refractivity contribution in [2.75, 3.05) is 6.54 Å². The van der Waals surface area contributed by atoms with Gasteiger partial charge in [-0.1, -0.05) is 73.1 Å². The van der Waals surface area contributed by atoms with Gasteiger partial charge in [-0.2, -0.15) is 4.98 Å². The Morgan fingerprint density at radius 1 is 1.10 bits per heavy atom. The number of aromatic nitrogens is 2. The van der Waals surface area contributed by atoms with Gasteiger partial charge in [-0.15, -0.1) is 0 Å². The summed E-state index contributed by atoms with van der Waals surface area (Å²) < 4.78 is 5.41. The number of hydrogen-bond donors (Lipinski definition) is 0.